The average molecular weight is 469 g/mol. The Morgan fingerprint density at radius 3 is 2.73 bits per heavy atom. The standard InChI is InChI=1S/C23H18BrFN2O3/c1-11-20-21(16-10-14(24)4-7-17(16)25)22-18(26-23(20)30-27-11)8-13(9-19(22)29)12-2-5-15(28)6-3-12/h2-7,10,13,21,26,28H,8-9H2,1H3/t13-,21-/m1/s1. The van der Waals surface area contributed by atoms with Crippen molar-refractivity contribution in [3.8, 4) is 5.75 Å². The maximum absolute atomic E-state index is 14.9. The van der Waals surface area contributed by atoms with Gasteiger partial charge >= 0.3 is 0 Å². The number of nitrogens with one attached hydrogen (secondary N) is 1. The Hall–Kier alpha value is -2.93. The lowest BCUT2D eigenvalue weighted by Gasteiger charge is -2.34. The minimum atomic E-state index is -0.576. The number of hydrogen-bond acceptors (Lipinski definition) is 5. The molecule has 0 saturated heterocycles. The van der Waals surface area contributed by atoms with Crippen LogP contribution in [-0.4, -0.2) is 16.0 Å². The van der Waals surface area contributed by atoms with Crippen LogP contribution in [0.25, 0.3) is 0 Å². The van der Waals surface area contributed by atoms with Crippen LogP contribution in [0.3, 0.4) is 0 Å². The second-order valence-electron chi connectivity index (χ2n) is 7.75. The number of Topliss-reactive ketones (excluding diaryl/α,β-unsaturated/α-hetero) is 1. The minimum absolute atomic E-state index is 0.0301. The third kappa shape index (κ3) is 3.04. The van der Waals surface area contributed by atoms with Gasteiger partial charge in [0.2, 0.25) is 5.88 Å². The fourth-order valence-electron chi connectivity index (χ4n) is 4.50. The molecule has 2 heterocycles. The number of fused-ring (bicyclic) bond motifs is 1. The summed E-state index contributed by atoms with van der Waals surface area (Å²) < 4.78 is 21.1. The zero-order valence-corrected chi connectivity index (χ0v) is 17.7. The van der Waals surface area contributed by atoms with Gasteiger partial charge in [0, 0.05) is 33.6 Å². The van der Waals surface area contributed by atoms with Crippen LogP contribution in [0.4, 0.5) is 10.3 Å². The maximum atomic E-state index is 14.9. The van der Waals surface area contributed by atoms with E-state index in [0.29, 0.717) is 41.1 Å². The Bertz CT molecular complexity index is 1200. The molecule has 3 aromatic rings. The first-order valence-electron chi connectivity index (χ1n) is 9.65. The minimum Gasteiger partial charge on any atom is -0.508 e. The third-order valence-corrected chi connectivity index (χ3v) is 6.38. The molecule has 1 aliphatic carbocycles. The van der Waals surface area contributed by atoms with Crippen LogP contribution < -0.4 is 5.32 Å². The molecule has 2 aliphatic rings. The molecule has 1 aliphatic heterocycles. The number of carbonyl (C=O) groups is 1. The summed E-state index contributed by atoms with van der Waals surface area (Å²) >= 11 is 3.42. The average Bonchev–Trinajstić information content (AvgIpc) is 3.09. The van der Waals surface area contributed by atoms with Crippen molar-refractivity contribution in [2.75, 3.05) is 5.32 Å². The Labute approximate surface area is 180 Å². The third-order valence-electron chi connectivity index (χ3n) is 5.89. The van der Waals surface area contributed by atoms with Crippen molar-refractivity contribution in [1.29, 1.82) is 0 Å². The van der Waals surface area contributed by atoms with Crippen molar-refractivity contribution in [3.63, 3.8) is 0 Å². The molecule has 2 aromatic carbocycles. The van der Waals surface area contributed by atoms with Crippen molar-refractivity contribution in [2.24, 2.45) is 0 Å². The predicted octanol–water partition coefficient (Wildman–Crippen LogP) is 5.55. The summed E-state index contributed by atoms with van der Waals surface area (Å²) in [6, 6.07) is 11.7. The molecule has 152 valence electrons. The number of halogens is 2. The molecular weight excluding hydrogens is 451 g/mol. The first-order valence-corrected chi connectivity index (χ1v) is 10.4. The van der Waals surface area contributed by atoms with E-state index < -0.39 is 5.92 Å². The Morgan fingerprint density at radius 2 is 1.97 bits per heavy atom. The largest absolute Gasteiger partial charge is 0.508 e. The van der Waals surface area contributed by atoms with E-state index in [9.17, 15) is 14.3 Å². The molecule has 2 atom stereocenters. The van der Waals surface area contributed by atoms with Gasteiger partial charge in [0.15, 0.2) is 5.78 Å². The molecule has 5 nitrogen and oxygen atoms in total. The summed E-state index contributed by atoms with van der Waals surface area (Å²) in [6.45, 7) is 1.80. The highest BCUT2D eigenvalue weighted by Crippen LogP contribution is 2.49. The Balaban J connectivity index is 1.64. The first-order chi connectivity index (χ1) is 14.4. The van der Waals surface area contributed by atoms with Gasteiger partial charge in [-0.05, 0) is 55.2 Å². The number of nitrogens with zero attached hydrogens (tertiary/aromatic N) is 1. The summed E-state index contributed by atoms with van der Waals surface area (Å²) in [4.78, 5) is 13.4. The van der Waals surface area contributed by atoms with Crippen LogP contribution in [0.2, 0.25) is 0 Å². The topological polar surface area (TPSA) is 75.4 Å². The lowest BCUT2D eigenvalue weighted by molar-refractivity contribution is -0.116. The van der Waals surface area contributed by atoms with Crippen LogP contribution in [0, 0.1) is 12.7 Å². The van der Waals surface area contributed by atoms with E-state index in [1.165, 1.54) is 6.07 Å². The number of aromatic hydroxyl groups is 1. The normalized spacial score (nSPS) is 20.6. The number of anilines is 1. The number of hydrogen-bond donors (Lipinski definition) is 2. The van der Waals surface area contributed by atoms with E-state index in [1.54, 1.807) is 31.2 Å². The van der Waals surface area contributed by atoms with Crippen molar-refractivity contribution >= 4 is 27.6 Å². The molecule has 0 unspecified atom stereocenters. The number of benzene rings is 2. The molecule has 0 bridgehead atoms. The number of rotatable bonds is 2. The van der Waals surface area contributed by atoms with Crippen LogP contribution in [0.5, 0.6) is 5.75 Å². The molecule has 1 aromatic heterocycles. The molecule has 7 heteroatoms. The molecule has 2 N–H and O–H groups in total. The van der Waals surface area contributed by atoms with E-state index in [4.69, 9.17) is 4.52 Å². The van der Waals surface area contributed by atoms with Crippen LogP contribution in [-0.2, 0) is 4.79 Å². The highest BCUT2D eigenvalue weighted by molar-refractivity contribution is 9.10. The monoisotopic (exact) mass is 468 g/mol. The number of ketones is 1. The summed E-state index contributed by atoms with van der Waals surface area (Å²) in [5.41, 5.74) is 4.02. The molecular formula is C23H18BrFN2O3. The van der Waals surface area contributed by atoms with Gasteiger partial charge in [0.25, 0.3) is 0 Å². The van der Waals surface area contributed by atoms with Gasteiger partial charge in [-0.2, -0.15) is 0 Å². The molecule has 0 spiro atoms. The van der Waals surface area contributed by atoms with Gasteiger partial charge in [-0.3, -0.25) is 4.79 Å². The summed E-state index contributed by atoms with van der Waals surface area (Å²) in [5, 5.41) is 16.9. The van der Waals surface area contributed by atoms with Gasteiger partial charge in [-0.15, -0.1) is 0 Å². The Kier molecular flexibility index (Phi) is 4.50. The number of phenols is 1. The van der Waals surface area contributed by atoms with E-state index in [0.717, 1.165) is 15.7 Å². The predicted molar refractivity (Wildman–Crippen MR) is 113 cm³/mol. The molecule has 30 heavy (non-hydrogen) atoms. The molecule has 0 amide bonds. The molecule has 0 saturated carbocycles. The van der Waals surface area contributed by atoms with Crippen molar-refractivity contribution in [2.45, 2.75) is 31.6 Å². The highest BCUT2D eigenvalue weighted by Gasteiger charge is 2.42. The quantitative estimate of drug-likeness (QED) is 0.515. The van der Waals surface area contributed by atoms with E-state index in [2.05, 4.69) is 26.4 Å². The summed E-state index contributed by atoms with van der Waals surface area (Å²) in [7, 11) is 0. The number of aryl methyl sites for hydroxylation is 1. The van der Waals surface area contributed by atoms with E-state index >= 15 is 0 Å². The number of aromatic nitrogens is 1. The van der Waals surface area contributed by atoms with Crippen LogP contribution in [0.1, 0.15) is 47.1 Å². The second-order valence-corrected chi connectivity index (χ2v) is 8.66. The lowest BCUT2D eigenvalue weighted by atomic mass is 9.72. The highest BCUT2D eigenvalue weighted by atomic mass is 79.9. The zero-order valence-electron chi connectivity index (χ0n) is 16.1. The summed E-state index contributed by atoms with van der Waals surface area (Å²) in [6.07, 6.45) is 0.897. The SMILES string of the molecule is Cc1noc2c1[C@@H](c1cc(Br)ccc1F)C1=C(C[C@@H](c3ccc(O)cc3)CC1=O)N2. The maximum Gasteiger partial charge on any atom is 0.233 e. The summed E-state index contributed by atoms with van der Waals surface area (Å²) in [5.74, 6) is -0.385. The zero-order chi connectivity index (χ0) is 21.0. The van der Waals surface area contributed by atoms with Crippen LogP contribution >= 0.6 is 15.9 Å². The second kappa shape index (κ2) is 7.09. The number of phenolic OH excluding ortho intramolecular Hbond substituents is 1. The molecule has 5 rings (SSSR count). The fraction of sp³-hybridized carbons (Fsp3) is 0.217. The number of carbonyl (C=O) groups excluding carboxylic acids is 1. The van der Waals surface area contributed by atoms with E-state index in [1.807, 2.05) is 12.1 Å². The van der Waals surface area contributed by atoms with Crippen molar-refractivity contribution in [1.82, 2.24) is 5.16 Å². The Morgan fingerprint density at radius 1 is 1.20 bits per heavy atom. The van der Waals surface area contributed by atoms with Crippen molar-refractivity contribution in [3.05, 3.63) is 86.4 Å². The van der Waals surface area contributed by atoms with Gasteiger partial charge < -0.3 is 14.9 Å². The van der Waals surface area contributed by atoms with Crippen LogP contribution in [0.15, 0.2) is 62.7 Å². The van der Waals surface area contributed by atoms with Gasteiger partial charge in [0.1, 0.15) is 11.6 Å². The lowest BCUT2D eigenvalue weighted by Crippen LogP contribution is -2.30. The first kappa shape index (κ1) is 19.1. The smallest absolute Gasteiger partial charge is 0.233 e. The van der Waals surface area contributed by atoms with Gasteiger partial charge in [-0.25, -0.2) is 4.39 Å². The fourth-order valence-corrected chi connectivity index (χ4v) is 4.88. The van der Waals surface area contributed by atoms with Crippen molar-refractivity contribution < 1.29 is 18.8 Å². The van der Waals surface area contributed by atoms with E-state index in [-0.39, 0.29) is 23.3 Å². The van der Waals surface area contributed by atoms with Gasteiger partial charge in [-0.1, -0.05) is 33.2 Å². The molecule has 0 radical (unpaired) electrons. The van der Waals surface area contributed by atoms with Gasteiger partial charge in [0.05, 0.1) is 11.3 Å². The molecule has 0 fully saturated rings. The number of allylic oxidation sites excluding steroid dienone is 2.